The van der Waals surface area contributed by atoms with Crippen LogP contribution in [0.2, 0.25) is 0 Å². The minimum absolute atomic E-state index is 0.0455. The molecule has 1 N–H and O–H groups in total. The maximum Gasteiger partial charge on any atom is 0.233 e. The molecule has 0 saturated carbocycles. The van der Waals surface area contributed by atoms with Crippen molar-refractivity contribution in [2.24, 2.45) is 0 Å². The molecular formula is C10H16BrN3O2. The highest BCUT2D eigenvalue weighted by molar-refractivity contribution is 9.10. The van der Waals surface area contributed by atoms with Gasteiger partial charge in [-0.25, -0.2) is 9.97 Å². The van der Waals surface area contributed by atoms with Crippen molar-refractivity contribution in [3.05, 3.63) is 10.8 Å². The molecule has 1 heterocycles. The number of hydrogen-bond donors (Lipinski definition) is 1. The van der Waals surface area contributed by atoms with Gasteiger partial charge >= 0.3 is 0 Å². The SMILES string of the molecule is CCOCC(C)Oc1ncnc(NC)c1Br. The highest BCUT2D eigenvalue weighted by atomic mass is 79.9. The molecule has 1 aromatic rings. The van der Waals surface area contributed by atoms with Crippen molar-refractivity contribution in [1.82, 2.24) is 9.97 Å². The van der Waals surface area contributed by atoms with E-state index in [0.717, 1.165) is 4.47 Å². The molecule has 1 aromatic heterocycles. The fourth-order valence-corrected chi connectivity index (χ4v) is 1.61. The first-order valence-electron chi connectivity index (χ1n) is 5.11. The molecule has 0 amide bonds. The Kier molecular flexibility index (Phi) is 5.48. The van der Waals surface area contributed by atoms with Gasteiger partial charge in [0.2, 0.25) is 5.88 Å². The second-order valence-corrected chi connectivity index (χ2v) is 3.97. The standard InChI is InChI=1S/C10H16BrN3O2/c1-4-15-5-7(2)16-10-8(11)9(12-3)13-6-14-10/h6-7H,4-5H2,1-3H3,(H,12,13,14). The number of anilines is 1. The summed E-state index contributed by atoms with van der Waals surface area (Å²) >= 11 is 3.38. The van der Waals surface area contributed by atoms with E-state index in [1.807, 2.05) is 13.8 Å². The number of ether oxygens (including phenoxy) is 2. The summed E-state index contributed by atoms with van der Waals surface area (Å²) in [5.41, 5.74) is 0. The van der Waals surface area contributed by atoms with Crippen LogP contribution in [0.3, 0.4) is 0 Å². The Labute approximate surface area is 104 Å². The summed E-state index contributed by atoms with van der Waals surface area (Å²) in [4.78, 5) is 8.11. The zero-order chi connectivity index (χ0) is 12.0. The molecule has 0 aliphatic heterocycles. The Morgan fingerprint density at radius 2 is 2.25 bits per heavy atom. The third kappa shape index (κ3) is 3.61. The molecule has 1 atom stereocenters. The maximum atomic E-state index is 5.63. The average Bonchev–Trinajstić information content (AvgIpc) is 2.29. The third-order valence-electron chi connectivity index (χ3n) is 1.86. The van der Waals surface area contributed by atoms with E-state index in [9.17, 15) is 0 Å². The highest BCUT2D eigenvalue weighted by Crippen LogP contribution is 2.28. The highest BCUT2D eigenvalue weighted by Gasteiger charge is 2.12. The fourth-order valence-electron chi connectivity index (χ4n) is 1.12. The van der Waals surface area contributed by atoms with Crippen LogP contribution in [0.5, 0.6) is 5.88 Å². The van der Waals surface area contributed by atoms with Gasteiger partial charge in [0, 0.05) is 13.7 Å². The number of halogens is 1. The molecule has 0 bridgehead atoms. The Morgan fingerprint density at radius 3 is 2.88 bits per heavy atom. The van der Waals surface area contributed by atoms with Crippen molar-refractivity contribution in [2.45, 2.75) is 20.0 Å². The summed E-state index contributed by atoms with van der Waals surface area (Å²) in [6.45, 7) is 5.11. The number of nitrogens with zero attached hydrogens (tertiary/aromatic N) is 2. The quantitative estimate of drug-likeness (QED) is 0.869. The van der Waals surface area contributed by atoms with Crippen LogP contribution in [0, 0.1) is 0 Å². The van der Waals surface area contributed by atoms with E-state index in [1.54, 1.807) is 7.05 Å². The first kappa shape index (κ1) is 13.2. The van der Waals surface area contributed by atoms with Gasteiger partial charge in [-0.2, -0.15) is 0 Å². The van der Waals surface area contributed by atoms with Gasteiger partial charge in [0.15, 0.2) is 0 Å². The summed E-state index contributed by atoms with van der Waals surface area (Å²) in [7, 11) is 1.79. The zero-order valence-electron chi connectivity index (χ0n) is 9.66. The van der Waals surface area contributed by atoms with E-state index in [2.05, 4.69) is 31.2 Å². The van der Waals surface area contributed by atoms with Crippen LogP contribution in [0.25, 0.3) is 0 Å². The lowest BCUT2D eigenvalue weighted by atomic mass is 10.4. The van der Waals surface area contributed by atoms with E-state index in [-0.39, 0.29) is 6.10 Å². The van der Waals surface area contributed by atoms with Crippen LogP contribution in [0.15, 0.2) is 10.8 Å². The summed E-state index contributed by atoms with van der Waals surface area (Å²) in [5.74, 6) is 1.22. The zero-order valence-corrected chi connectivity index (χ0v) is 11.2. The molecule has 90 valence electrons. The van der Waals surface area contributed by atoms with Gasteiger partial charge in [-0.15, -0.1) is 0 Å². The minimum atomic E-state index is -0.0455. The summed E-state index contributed by atoms with van der Waals surface area (Å²) < 4.78 is 11.6. The Morgan fingerprint density at radius 1 is 1.50 bits per heavy atom. The molecular weight excluding hydrogens is 274 g/mol. The molecule has 0 aliphatic carbocycles. The Balaban J connectivity index is 2.66. The predicted molar refractivity (Wildman–Crippen MR) is 65.9 cm³/mol. The average molecular weight is 290 g/mol. The van der Waals surface area contributed by atoms with E-state index < -0.39 is 0 Å². The number of hydrogen-bond acceptors (Lipinski definition) is 5. The van der Waals surface area contributed by atoms with Crippen LogP contribution in [0.1, 0.15) is 13.8 Å². The van der Waals surface area contributed by atoms with Crippen LogP contribution in [-0.4, -0.2) is 36.3 Å². The van der Waals surface area contributed by atoms with Crippen molar-refractivity contribution >= 4 is 21.7 Å². The molecule has 0 saturated heterocycles. The number of rotatable bonds is 6. The van der Waals surface area contributed by atoms with E-state index >= 15 is 0 Å². The molecule has 0 aliphatic rings. The van der Waals surface area contributed by atoms with Crippen LogP contribution in [0.4, 0.5) is 5.82 Å². The Bertz CT molecular complexity index is 336. The largest absolute Gasteiger partial charge is 0.471 e. The van der Waals surface area contributed by atoms with Gasteiger partial charge in [0.1, 0.15) is 22.7 Å². The molecule has 6 heteroatoms. The van der Waals surface area contributed by atoms with Gasteiger partial charge in [0.05, 0.1) is 6.61 Å². The molecule has 0 spiro atoms. The van der Waals surface area contributed by atoms with Crippen molar-refractivity contribution in [3.63, 3.8) is 0 Å². The summed E-state index contributed by atoms with van der Waals surface area (Å²) in [6, 6.07) is 0. The fraction of sp³-hybridized carbons (Fsp3) is 0.600. The van der Waals surface area contributed by atoms with Crippen molar-refractivity contribution < 1.29 is 9.47 Å². The van der Waals surface area contributed by atoms with Crippen LogP contribution < -0.4 is 10.1 Å². The van der Waals surface area contributed by atoms with Gasteiger partial charge in [-0.05, 0) is 29.8 Å². The first-order valence-corrected chi connectivity index (χ1v) is 5.91. The molecule has 1 rings (SSSR count). The van der Waals surface area contributed by atoms with E-state index in [0.29, 0.717) is 24.9 Å². The Hall–Kier alpha value is -0.880. The second kappa shape index (κ2) is 6.65. The molecule has 0 fully saturated rings. The summed E-state index contributed by atoms with van der Waals surface area (Å²) in [6.07, 6.45) is 1.41. The van der Waals surface area contributed by atoms with Gasteiger partial charge in [-0.1, -0.05) is 0 Å². The molecule has 0 radical (unpaired) electrons. The minimum Gasteiger partial charge on any atom is -0.471 e. The van der Waals surface area contributed by atoms with E-state index in [1.165, 1.54) is 6.33 Å². The van der Waals surface area contributed by atoms with Crippen molar-refractivity contribution in [2.75, 3.05) is 25.6 Å². The van der Waals surface area contributed by atoms with Crippen LogP contribution >= 0.6 is 15.9 Å². The van der Waals surface area contributed by atoms with Crippen molar-refractivity contribution in [1.29, 1.82) is 0 Å². The number of aromatic nitrogens is 2. The molecule has 0 aromatic carbocycles. The monoisotopic (exact) mass is 289 g/mol. The lowest BCUT2D eigenvalue weighted by Crippen LogP contribution is -2.20. The van der Waals surface area contributed by atoms with Crippen LogP contribution in [-0.2, 0) is 4.74 Å². The molecule has 5 nitrogen and oxygen atoms in total. The van der Waals surface area contributed by atoms with Gasteiger partial charge in [-0.3, -0.25) is 0 Å². The maximum absolute atomic E-state index is 5.63. The van der Waals surface area contributed by atoms with Gasteiger partial charge < -0.3 is 14.8 Å². The normalized spacial score (nSPS) is 12.2. The van der Waals surface area contributed by atoms with Crippen molar-refractivity contribution in [3.8, 4) is 5.88 Å². The smallest absolute Gasteiger partial charge is 0.233 e. The first-order chi connectivity index (χ1) is 7.69. The summed E-state index contributed by atoms with van der Waals surface area (Å²) in [5, 5.41) is 2.94. The third-order valence-corrected chi connectivity index (χ3v) is 2.58. The molecule has 1 unspecified atom stereocenters. The lowest BCUT2D eigenvalue weighted by molar-refractivity contribution is 0.0629. The van der Waals surface area contributed by atoms with E-state index in [4.69, 9.17) is 9.47 Å². The lowest BCUT2D eigenvalue weighted by Gasteiger charge is -2.15. The molecule has 16 heavy (non-hydrogen) atoms. The number of nitrogens with one attached hydrogen (secondary N) is 1. The second-order valence-electron chi connectivity index (χ2n) is 3.18. The predicted octanol–water partition coefficient (Wildman–Crippen LogP) is 2.08. The topological polar surface area (TPSA) is 56.3 Å². The van der Waals surface area contributed by atoms with Gasteiger partial charge in [0.25, 0.3) is 0 Å².